The standard InChI is InChI=1S/C7H10.C2H3F3/c1-7-5-3-2-4-6-7;1-2(3,4)5/h3,5-6H,2,4H2,1H3;1H3. The van der Waals surface area contributed by atoms with E-state index >= 15 is 0 Å². The summed E-state index contributed by atoms with van der Waals surface area (Å²) in [5, 5.41) is 0. The zero-order valence-electron chi connectivity index (χ0n) is 7.28. The van der Waals surface area contributed by atoms with Crippen LogP contribution < -0.4 is 0 Å². The van der Waals surface area contributed by atoms with E-state index in [1.165, 1.54) is 18.4 Å². The van der Waals surface area contributed by atoms with E-state index in [9.17, 15) is 13.2 Å². The third kappa shape index (κ3) is 12.0. The maximum Gasteiger partial charge on any atom is 0.386 e. The van der Waals surface area contributed by atoms with Crippen LogP contribution in [0.5, 0.6) is 0 Å². The highest BCUT2D eigenvalue weighted by Gasteiger charge is 2.15. The molecule has 1 rings (SSSR count). The van der Waals surface area contributed by atoms with Crippen LogP contribution in [0, 0.1) is 0 Å². The Kier molecular flexibility index (Phi) is 4.71. The summed E-state index contributed by atoms with van der Waals surface area (Å²) in [4.78, 5) is 0. The first-order valence-electron chi connectivity index (χ1n) is 3.79. The number of allylic oxidation sites excluding steroid dienone is 4. The largest absolute Gasteiger partial charge is 0.386 e. The van der Waals surface area contributed by atoms with Crippen molar-refractivity contribution in [3.8, 4) is 0 Å². The van der Waals surface area contributed by atoms with Crippen LogP contribution >= 0.6 is 0 Å². The molecule has 12 heavy (non-hydrogen) atoms. The van der Waals surface area contributed by atoms with E-state index in [0.717, 1.165) is 0 Å². The van der Waals surface area contributed by atoms with Gasteiger partial charge >= 0.3 is 6.18 Å². The van der Waals surface area contributed by atoms with Gasteiger partial charge in [0.1, 0.15) is 0 Å². The SMILES string of the molecule is CC(F)(F)F.CC1=CCCC=C1. The Morgan fingerprint density at radius 1 is 1.25 bits per heavy atom. The van der Waals surface area contributed by atoms with Gasteiger partial charge in [0.2, 0.25) is 0 Å². The fourth-order valence-electron chi connectivity index (χ4n) is 0.744. The molecule has 0 amide bonds. The van der Waals surface area contributed by atoms with Gasteiger partial charge in [0.05, 0.1) is 0 Å². The molecule has 3 heteroatoms. The lowest BCUT2D eigenvalue weighted by Crippen LogP contribution is -1.95. The van der Waals surface area contributed by atoms with Crippen LogP contribution in [0.2, 0.25) is 0 Å². The molecule has 0 saturated carbocycles. The molecule has 0 unspecified atom stereocenters. The molecular weight excluding hydrogens is 165 g/mol. The summed E-state index contributed by atoms with van der Waals surface area (Å²) in [5.74, 6) is 0. The van der Waals surface area contributed by atoms with E-state index < -0.39 is 6.18 Å². The smallest absolute Gasteiger partial charge is 0.172 e. The van der Waals surface area contributed by atoms with Crippen molar-refractivity contribution in [3.05, 3.63) is 23.8 Å². The lowest BCUT2D eigenvalue weighted by atomic mass is 10.1. The Labute approximate surface area is 70.8 Å². The number of rotatable bonds is 0. The lowest BCUT2D eigenvalue weighted by molar-refractivity contribution is -0.110. The molecule has 0 fully saturated rings. The Morgan fingerprint density at radius 2 is 1.75 bits per heavy atom. The molecule has 0 spiro atoms. The molecule has 1 aliphatic carbocycles. The zero-order valence-corrected chi connectivity index (χ0v) is 7.28. The number of alkyl halides is 3. The molecular formula is C9H13F3. The summed E-state index contributed by atoms with van der Waals surface area (Å²) in [6, 6.07) is 0. The minimum atomic E-state index is -4.00. The zero-order chi connectivity index (χ0) is 9.61. The van der Waals surface area contributed by atoms with E-state index in [1.807, 2.05) is 0 Å². The molecule has 0 N–H and O–H groups in total. The van der Waals surface area contributed by atoms with Gasteiger partial charge in [-0.25, -0.2) is 0 Å². The molecule has 0 aliphatic heterocycles. The van der Waals surface area contributed by atoms with E-state index in [2.05, 4.69) is 25.2 Å². The topological polar surface area (TPSA) is 0 Å². The Hall–Kier alpha value is -0.730. The van der Waals surface area contributed by atoms with Crippen molar-refractivity contribution < 1.29 is 13.2 Å². The van der Waals surface area contributed by atoms with Crippen LogP contribution in [-0.4, -0.2) is 6.18 Å². The Morgan fingerprint density at radius 3 is 1.92 bits per heavy atom. The fraction of sp³-hybridized carbons (Fsp3) is 0.556. The van der Waals surface area contributed by atoms with E-state index in [4.69, 9.17) is 0 Å². The normalized spacial score (nSPS) is 16.2. The van der Waals surface area contributed by atoms with Gasteiger partial charge < -0.3 is 0 Å². The van der Waals surface area contributed by atoms with Crippen LogP contribution in [0.25, 0.3) is 0 Å². The van der Waals surface area contributed by atoms with Gasteiger partial charge in [-0.05, 0) is 19.8 Å². The van der Waals surface area contributed by atoms with Crippen LogP contribution in [-0.2, 0) is 0 Å². The van der Waals surface area contributed by atoms with Gasteiger partial charge in [-0.1, -0.05) is 23.8 Å². The lowest BCUT2D eigenvalue weighted by Gasteiger charge is -1.96. The third-order valence-electron chi connectivity index (χ3n) is 1.18. The fourth-order valence-corrected chi connectivity index (χ4v) is 0.744. The third-order valence-corrected chi connectivity index (χ3v) is 1.18. The van der Waals surface area contributed by atoms with Crippen LogP contribution in [0.3, 0.4) is 0 Å². The molecule has 1 aliphatic rings. The van der Waals surface area contributed by atoms with Gasteiger partial charge in [0.15, 0.2) is 0 Å². The summed E-state index contributed by atoms with van der Waals surface area (Å²) >= 11 is 0. The highest BCUT2D eigenvalue weighted by atomic mass is 19.4. The second kappa shape index (κ2) is 5.01. The number of hydrogen-bond donors (Lipinski definition) is 0. The quantitative estimate of drug-likeness (QED) is 0.528. The Bertz CT molecular complexity index is 169. The molecule has 0 atom stereocenters. The minimum Gasteiger partial charge on any atom is -0.172 e. The van der Waals surface area contributed by atoms with E-state index in [1.54, 1.807) is 0 Å². The summed E-state index contributed by atoms with van der Waals surface area (Å²) in [6.45, 7) is 2.32. The van der Waals surface area contributed by atoms with Crippen molar-refractivity contribution >= 4 is 0 Å². The predicted molar refractivity (Wildman–Crippen MR) is 43.9 cm³/mol. The summed E-state index contributed by atoms with van der Waals surface area (Å²) in [6.07, 6.45) is 5.12. The molecule has 0 heterocycles. The molecule has 0 aromatic carbocycles. The molecule has 0 radical (unpaired) electrons. The molecule has 0 bridgehead atoms. The summed E-state index contributed by atoms with van der Waals surface area (Å²) < 4.78 is 31.1. The van der Waals surface area contributed by atoms with Crippen molar-refractivity contribution in [1.29, 1.82) is 0 Å². The molecule has 70 valence electrons. The van der Waals surface area contributed by atoms with Gasteiger partial charge in [0, 0.05) is 6.92 Å². The minimum absolute atomic E-state index is 0.188. The van der Waals surface area contributed by atoms with Gasteiger partial charge in [-0.15, -0.1) is 0 Å². The van der Waals surface area contributed by atoms with Crippen molar-refractivity contribution in [3.63, 3.8) is 0 Å². The van der Waals surface area contributed by atoms with Crippen molar-refractivity contribution in [2.75, 3.05) is 0 Å². The van der Waals surface area contributed by atoms with Crippen molar-refractivity contribution in [1.82, 2.24) is 0 Å². The van der Waals surface area contributed by atoms with Gasteiger partial charge in [-0.2, -0.15) is 13.2 Å². The first-order valence-corrected chi connectivity index (χ1v) is 3.79. The van der Waals surface area contributed by atoms with Crippen LogP contribution in [0.15, 0.2) is 23.8 Å². The van der Waals surface area contributed by atoms with Gasteiger partial charge in [-0.3, -0.25) is 0 Å². The van der Waals surface area contributed by atoms with E-state index in [0.29, 0.717) is 0 Å². The number of halogens is 3. The first-order chi connectivity index (χ1) is 5.39. The maximum absolute atomic E-state index is 10.4. The Balaban J connectivity index is 0.000000217. The molecule has 0 nitrogen and oxygen atoms in total. The highest BCUT2D eigenvalue weighted by Crippen LogP contribution is 2.10. The predicted octanol–water partition coefficient (Wildman–Crippen LogP) is 3.85. The molecule has 0 aromatic rings. The number of hydrogen-bond acceptors (Lipinski definition) is 0. The first kappa shape index (κ1) is 11.3. The second-order valence-corrected chi connectivity index (χ2v) is 2.71. The van der Waals surface area contributed by atoms with Gasteiger partial charge in [0.25, 0.3) is 0 Å². The molecule has 0 aromatic heterocycles. The average Bonchev–Trinajstić information content (AvgIpc) is 1.85. The molecule has 0 saturated heterocycles. The summed E-state index contributed by atoms with van der Waals surface area (Å²) in [5.41, 5.74) is 1.41. The summed E-state index contributed by atoms with van der Waals surface area (Å²) in [7, 11) is 0. The van der Waals surface area contributed by atoms with Crippen LogP contribution in [0.1, 0.15) is 26.7 Å². The highest BCUT2D eigenvalue weighted by molar-refractivity contribution is 5.18. The average molecular weight is 178 g/mol. The van der Waals surface area contributed by atoms with Crippen molar-refractivity contribution in [2.45, 2.75) is 32.9 Å². The van der Waals surface area contributed by atoms with Crippen LogP contribution in [0.4, 0.5) is 13.2 Å². The maximum atomic E-state index is 10.4. The monoisotopic (exact) mass is 178 g/mol. The van der Waals surface area contributed by atoms with E-state index in [-0.39, 0.29) is 6.92 Å². The van der Waals surface area contributed by atoms with Crippen molar-refractivity contribution in [2.24, 2.45) is 0 Å². The second-order valence-electron chi connectivity index (χ2n) is 2.71.